The maximum absolute atomic E-state index is 12.8. The Morgan fingerprint density at radius 3 is 2.38 bits per heavy atom. The van der Waals surface area contributed by atoms with Crippen LogP contribution in [-0.2, 0) is 25.6 Å². The third kappa shape index (κ3) is 7.55. The molecule has 1 aliphatic heterocycles. The number of aromatic nitrogens is 1. The first-order valence-electron chi connectivity index (χ1n) is 15.5. The lowest BCUT2D eigenvalue weighted by Crippen LogP contribution is -2.45. The average Bonchev–Trinajstić information content (AvgIpc) is 3.33. The molecule has 0 saturated heterocycles. The fraction of sp³-hybridized carbons (Fsp3) is 0.250. The molecular weight excluding hydrogens is 630 g/mol. The number of ether oxygens (including phenoxy) is 3. The summed E-state index contributed by atoms with van der Waals surface area (Å²) in [5, 5.41) is 11.7. The normalized spacial score (nSPS) is 14.4. The Balaban J connectivity index is 1.28. The molecule has 0 saturated carbocycles. The largest absolute Gasteiger partial charge is 0.483 e. The lowest BCUT2D eigenvalue weighted by molar-refractivity contribution is -0.139. The van der Waals surface area contributed by atoms with Crippen LogP contribution >= 0.6 is 12.2 Å². The van der Waals surface area contributed by atoms with E-state index < -0.39 is 17.9 Å². The highest BCUT2D eigenvalue weighted by Crippen LogP contribution is 2.33. The molecule has 248 valence electrons. The molecule has 0 fully saturated rings. The fourth-order valence-electron chi connectivity index (χ4n) is 5.57. The number of fused-ring (bicyclic) bond motifs is 1. The van der Waals surface area contributed by atoms with Crippen LogP contribution in [0.15, 0.2) is 89.2 Å². The molecule has 1 aliphatic rings. The number of allylic oxidation sites excluding steroid dienone is 1. The second-order valence-corrected chi connectivity index (χ2v) is 11.3. The van der Waals surface area contributed by atoms with Gasteiger partial charge in [-0.15, -0.1) is 0 Å². The minimum Gasteiger partial charge on any atom is -0.483 e. The van der Waals surface area contributed by atoms with Crippen molar-refractivity contribution < 1.29 is 28.6 Å². The van der Waals surface area contributed by atoms with Crippen molar-refractivity contribution in [3.05, 3.63) is 112 Å². The lowest BCUT2D eigenvalue weighted by atomic mass is 9.95. The van der Waals surface area contributed by atoms with Crippen molar-refractivity contribution in [1.82, 2.24) is 20.6 Å². The Morgan fingerprint density at radius 1 is 0.938 bits per heavy atom. The van der Waals surface area contributed by atoms with Crippen molar-refractivity contribution in [3.8, 4) is 5.75 Å². The van der Waals surface area contributed by atoms with Gasteiger partial charge in [0, 0.05) is 40.0 Å². The molecule has 0 spiro atoms. The van der Waals surface area contributed by atoms with E-state index in [0.29, 0.717) is 46.4 Å². The van der Waals surface area contributed by atoms with Crippen LogP contribution < -0.4 is 20.8 Å². The number of para-hydroxylation sites is 2. The molecule has 3 aromatic carbocycles. The summed E-state index contributed by atoms with van der Waals surface area (Å²) in [6, 6.07) is 21.8. The van der Waals surface area contributed by atoms with Crippen LogP contribution in [0.1, 0.15) is 59.6 Å². The number of amides is 1. The zero-order chi connectivity index (χ0) is 34.2. The predicted octanol–water partition coefficient (Wildman–Crippen LogP) is 5.06. The Bertz CT molecular complexity index is 1910. The topological polar surface area (TPSA) is 132 Å². The lowest BCUT2D eigenvalue weighted by Gasteiger charge is -2.30. The van der Waals surface area contributed by atoms with Gasteiger partial charge in [0.1, 0.15) is 5.75 Å². The van der Waals surface area contributed by atoms with E-state index >= 15 is 0 Å². The Hall–Kier alpha value is -5.49. The van der Waals surface area contributed by atoms with Crippen molar-refractivity contribution in [3.63, 3.8) is 0 Å². The zero-order valence-corrected chi connectivity index (χ0v) is 28.0. The number of benzene rings is 3. The second-order valence-electron chi connectivity index (χ2n) is 10.9. The summed E-state index contributed by atoms with van der Waals surface area (Å²) in [6.07, 6.45) is 1.63. The molecule has 3 N–H and O–H groups in total. The number of nitrogens with one attached hydrogen (secondary N) is 3. The Labute approximate surface area is 283 Å². The second kappa shape index (κ2) is 15.4. The van der Waals surface area contributed by atoms with Gasteiger partial charge in [-0.25, -0.2) is 15.0 Å². The average molecular weight is 668 g/mol. The predicted molar refractivity (Wildman–Crippen MR) is 187 cm³/mol. The summed E-state index contributed by atoms with van der Waals surface area (Å²) < 4.78 is 18.5. The van der Waals surface area contributed by atoms with Gasteiger partial charge in [-0.1, -0.05) is 48.5 Å². The van der Waals surface area contributed by atoms with Gasteiger partial charge in [0.05, 0.1) is 36.6 Å². The van der Waals surface area contributed by atoms with E-state index in [0.717, 1.165) is 27.7 Å². The summed E-state index contributed by atoms with van der Waals surface area (Å²) >= 11 is 5.35. The molecule has 0 aliphatic carbocycles. The minimum atomic E-state index is -0.633. The van der Waals surface area contributed by atoms with Crippen LogP contribution in [0.2, 0.25) is 0 Å². The molecular formula is C36H37N5O6S. The quantitative estimate of drug-likeness (QED) is 0.0821. The number of carbonyl (C=O) groups excluding carboxylic acids is 3. The van der Waals surface area contributed by atoms with E-state index in [2.05, 4.69) is 25.7 Å². The molecule has 0 bridgehead atoms. The van der Waals surface area contributed by atoms with E-state index in [-0.39, 0.29) is 19.2 Å². The Kier molecular flexibility index (Phi) is 10.9. The van der Waals surface area contributed by atoms with Crippen LogP contribution in [0.25, 0.3) is 10.9 Å². The molecule has 5 rings (SSSR count). The summed E-state index contributed by atoms with van der Waals surface area (Å²) in [5.74, 6) is -0.883. The summed E-state index contributed by atoms with van der Waals surface area (Å²) in [5.41, 5.74) is 8.49. The van der Waals surface area contributed by atoms with Gasteiger partial charge in [0.15, 0.2) is 11.7 Å². The monoisotopic (exact) mass is 667 g/mol. The highest BCUT2D eigenvalue weighted by molar-refractivity contribution is 7.80. The maximum Gasteiger partial charge on any atom is 0.338 e. The first-order valence-corrected chi connectivity index (χ1v) is 16.0. The minimum absolute atomic E-state index is 0.220. The van der Waals surface area contributed by atoms with Crippen molar-refractivity contribution in [2.75, 3.05) is 19.8 Å². The van der Waals surface area contributed by atoms with Crippen LogP contribution in [0.3, 0.4) is 0 Å². The number of carbonyl (C=O) groups is 3. The van der Waals surface area contributed by atoms with Crippen LogP contribution in [0.5, 0.6) is 5.75 Å². The molecule has 48 heavy (non-hydrogen) atoms. The molecule has 11 nitrogen and oxygen atoms in total. The smallest absolute Gasteiger partial charge is 0.338 e. The molecule has 1 aromatic heterocycles. The van der Waals surface area contributed by atoms with E-state index in [4.69, 9.17) is 26.4 Å². The molecule has 12 heteroatoms. The zero-order valence-electron chi connectivity index (χ0n) is 27.2. The van der Waals surface area contributed by atoms with Crippen molar-refractivity contribution in [2.45, 2.75) is 40.3 Å². The van der Waals surface area contributed by atoms with E-state index in [1.165, 1.54) is 0 Å². The molecule has 2 heterocycles. The highest BCUT2D eigenvalue weighted by Gasteiger charge is 2.32. The number of hydrazone groups is 1. The summed E-state index contributed by atoms with van der Waals surface area (Å²) in [4.78, 5) is 37.7. The van der Waals surface area contributed by atoms with Gasteiger partial charge in [-0.05, 0) is 69.7 Å². The van der Waals surface area contributed by atoms with Gasteiger partial charge < -0.3 is 29.4 Å². The number of hydrogen-bond donors (Lipinski definition) is 3. The van der Waals surface area contributed by atoms with Crippen molar-refractivity contribution in [1.29, 1.82) is 0 Å². The van der Waals surface area contributed by atoms with E-state index in [1.807, 2.05) is 49.4 Å². The third-order valence-electron chi connectivity index (χ3n) is 7.82. The Morgan fingerprint density at radius 2 is 1.62 bits per heavy atom. The van der Waals surface area contributed by atoms with E-state index in [1.54, 1.807) is 57.3 Å². The number of nitrogens with zero attached hydrogens (tertiary/aromatic N) is 2. The van der Waals surface area contributed by atoms with Gasteiger partial charge in [-0.2, -0.15) is 5.10 Å². The summed E-state index contributed by atoms with van der Waals surface area (Å²) in [6.45, 7) is 8.07. The van der Waals surface area contributed by atoms with Crippen molar-refractivity contribution in [2.24, 2.45) is 5.10 Å². The standard InChI is InChI=1S/C36H37N5O6S/c1-5-45-34(43)25-17-15-24(16-18-25)20-41-23(4)28(26-11-7-9-13-29(26)41)19-37-40-31(42)21-47-30-14-10-8-12-27(30)33-32(35(44)46-6-2)22(3)38-36(48)39-33/h7-19,33H,5-6,20-21H2,1-4H3,(H,40,42)(H2,38,39,48)/t33-/m0/s1. The number of hydrogen-bond acceptors (Lipinski definition) is 8. The van der Waals surface area contributed by atoms with Crippen LogP contribution in [0.4, 0.5) is 0 Å². The van der Waals surface area contributed by atoms with Gasteiger partial charge in [0.25, 0.3) is 5.91 Å². The third-order valence-corrected chi connectivity index (χ3v) is 8.04. The SMILES string of the molecule is CCOC(=O)C1=C(C)NC(=S)N[C@H]1c1ccccc1OCC(=O)NN=Cc1c(C)n(Cc2ccc(C(=O)OCC)cc2)c2ccccc12. The molecule has 4 aromatic rings. The van der Waals surface area contributed by atoms with Crippen LogP contribution in [-0.4, -0.2) is 53.6 Å². The molecule has 0 unspecified atom stereocenters. The van der Waals surface area contributed by atoms with Crippen LogP contribution in [0, 0.1) is 6.92 Å². The molecule has 1 amide bonds. The first kappa shape index (κ1) is 33.9. The summed E-state index contributed by atoms with van der Waals surface area (Å²) in [7, 11) is 0. The maximum atomic E-state index is 12.8. The van der Waals surface area contributed by atoms with E-state index in [9.17, 15) is 14.4 Å². The van der Waals surface area contributed by atoms with Gasteiger partial charge in [-0.3, -0.25) is 4.79 Å². The number of thiocarbonyl (C=S) groups is 1. The van der Waals surface area contributed by atoms with Crippen molar-refractivity contribution >= 4 is 52.3 Å². The van der Waals surface area contributed by atoms with Gasteiger partial charge in [0.2, 0.25) is 0 Å². The first-order chi connectivity index (χ1) is 23.2. The number of rotatable bonds is 12. The number of esters is 2. The van der Waals surface area contributed by atoms with Gasteiger partial charge >= 0.3 is 11.9 Å². The fourth-order valence-corrected chi connectivity index (χ4v) is 5.84. The molecule has 1 atom stereocenters. The molecule has 0 radical (unpaired) electrons. The highest BCUT2D eigenvalue weighted by atomic mass is 32.1.